The Balaban J connectivity index is 2.56. The highest BCUT2D eigenvalue weighted by molar-refractivity contribution is 7.08. The number of nitrogens with two attached hydrogens (primary N) is 1. The lowest BCUT2D eigenvalue weighted by Crippen LogP contribution is -2.39. The molecule has 0 atom stereocenters. The Morgan fingerprint density at radius 1 is 1.69 bits per heavy atom. The normalized spacial score (nSPS) is 11.0. The van der Waals surface area contributed by atoms with Crippen molar-refractivity contribution in [2.24, 2.45) is 10.7 Å². The molecule has 0 aliphatic heterocycles. The molecule has 0 amide bonds. The standard InChI is InChI=1S/C7H11N5S/c1-10-7(12-6(8)9)11-5-2-3-13-4-5/h2-4H,1H3,(H5,8,9,10,11,12). The van der Waals surface area contributed by atoms with Crippen LogP contribution < -0.4 is 16.4 Å². The summed E-state index contributed by atoms with van der Waals surface area (Å²) in [6, 6.07) is 1.91. The second kappa shape index (κ2) is 4.46. The Bertz CT molecular complexity index is 303. The van der Waals surface area contributed by atoms with Gasteiger partial charge >= 0.3 is 0 Å². The zero-order valence-electron chi connectivity index (χ0n) is 7.16. The van der Waals surface area contributed by atoms with Crippen LogP contribution in [-0.4, -0.2) is 19.0 Å². The van der Waals surface area contributed by atoms with Crippen molar-refractivity contribution in [3.63, 3.8) is 0 Å². The van der Waals surface area contributed by atoms with Gasteiger partial charge in [0.05, 0.1) is 5.69 Å². The minimum absolute atomic E-state index is 0.136. The van der Waals surface area contributed by atoms with Crippen LogP contribution in [0.3, 0.4) is 0 Å². The molecule has 13 heavy (non-hydrogen) atoms. The number of hydrogen-bond donors (Lipinski definition) is 4. The Labute approximate surface area is 80.2 Å². The number of hydrogen-bond acceptors (Lipinski definition) is 3. The number of aliphatic imine (C=N–C) groups is 1. The summed E-state index contributed by atoms with van der Waals surface area (Å²) in [5.41, 5.74) is 6.08. The fourth-order valence-corrected chi connectivity index (χ4v) is 1.33. The zero-order valence-corrected chi connectivity index (χ0v) is 7.98. The van der Waals surface area contributed by atoms with E-state index in [1.807, 2.05) is 16.8 Å². The molecule has 1 aromatic heterocycles. The number of nitrogens with zero attached hydrogens (tertiary/aromatic N) is 1. The van der Waals surface area contributed by atoms with Crippen LogP contribution in [-0.2, 0) is 0 Å². The summed E-state index contributed by atoms with van der Waals surface area (Å²) in [6.45, 7) is 0. The lowest BCUT2D eigenvalue weighted by atomic mass is 10.5. The van der Waals surface area contributed by atoms with Crippen LogP contribution in [0, 0.1) is 5.41 Å². The summed E-state index contributed by atoms with van der Waals surface area (Å²) in [6.07, 6.45) is 0. The molecule has 0 unspecified atom stereocenters. The number of anilines is 1. The van der Waals surface area contributed by atoms with E-state index in [0.29, 0.717) is 5.96 Å². The van der Waals surface area contributed by atoms with Gasteiger partial charge in [-0.15, -0.1) is 0 Å². The van der Waals surface area contributed by atoms with Crippen LogP contribution in [0.1, 0.15) is 0 Å². The lowest BCUT2D eigenvalue weighted by Gasteiger charge is -2.07. The first-order valence-electron chi connectivity index (χ1n) is 3.59. The predicted molar refractivity (Wildman–Crippen MR) is 56.4 cm³/mol. The third kappa shape index (κ3) is 3.12. The smallest absolute Gasteiger partial charge is 0.202 e. The van der Waals surface area contributed by atoms with Gasteiger partial charge in [-0.3, -0.25) is 15.7 Å². The average Bonchev–Trinajstić information content (AvgIpc) is 2.55. The molecule has 0 radical (unpaired) electrons. The predicted octanol–water partition coefficient (Wildman–Crippen LogP) is 0.629. The van der Waals surface area contributed by atoms with E-state index >= 15 is 0 Å². The second-order valence-electron chi connectivity index (χ2n) is 2.25. The molecule has 0 aliphatic rings. The van der Waals surface area contributed by atoms with Crippen molar-refractivity contribution in [2.45, 2.75) is 0 Å². The monoisotopic (exact) mass is 197 g/mol. The molecule has 1 heterocycles. The van der Waals surface area contributed by atoms with Gasteiger partial charge in [0.25, 0.3) is 0 Å². The van der Waals surface area contributed by atoms with E-state index in [4.69, 9.17) is 11.1 Å². The maximum absolute atomic E-state index is 7.01. The first-order chi connectivity index (χ1) is 6.22. The summed E-state index contributed by atoms with van der Waals surface area (Å²) in [5, 5.41) is 16.4. The van der Waals surface area contributed by atoms with E-state index in [2.05, 4.69) is 15.6 Å². The molecule has 70 valence electrons. The topological polar surface area (TPSA) is 86.3 Å². The molecule has 0 saturated heterocycles. The fourth-order valence-electron chi connectivity index (χ4n) is 0.743. The van der Waals surface area contributed by atoms with Crippen molar-refractivity contribution in [2.75, 3.05) is 12.4 Å². The molecule has 0 fully saturated rings. The van der Waals surface area contributed by atoms with Gasteiger partial charge < -0.3 is 11.1 Å². The van der Waals surface area contributed by atoms with Gasteiger partial charge in [0.15, 0.2) is 5.96 Å². The first-order valence-corrected chi connectivity index (χ1v) is 4.53. The molecular weight excluding hydrogens is 186 g/mol. The van der Waals surface area contributed by atoms with Gasteiger partial charge in [-0.25, -0.2) is 0 Å². The van der Waals surface area contributed by atoms with Crippen LogP contribution in [0.5, 0.6) is 0 Å². The molecule has 0 spiro atoms. The quantitative estimate of drug-likeness (QED) is 0.393. The number of guanidine groups is 2. The molecule has 0 aromatic carbocycles. The van der Waals surface area contributed by atoms with Crippen molar-refractivity contribution in [1.29, 1.82) is 5.41 Å². The van der Waals surface area contributed by atoms with Crippen molar-refractivity contribution in [3.05, 3.63) is 16.8 Å². The third-order valence-electron chi connectivity index (χ3n) is 1.26. The molecule has 0 saturated carbocycles. The minimum atomic E-state index is -0.136. The van der Waals surface area contributed by atoms with Gasteiger partial charge in [0, 0.05) is 12.4 Å². The molecule has 0 bridgehead atoms. The van der Waals surface area contributed by atoms with E-state index in [0.717, 1.165) is 5.69 Å². The Morgan fingerprint density at radius 2 is 2.46 bits per heavy atom. The molecule has 5 nitrogen and oxygen atoms in total. The van der Waals surface area contributed by atoms with Gasteiger partial charge in [0.2, 0.25) is 5.96 Å². The fraction of sp³-hybridized carbons (Fsp3) is 0.143. The number of thiophene rings is 1. The Hall–Kier alpha value is -1.56. The summed E-state index contributed by atoms with van der Waals surface area (Å²) in [5.74, 6) is 0.328. The van der Waals surface area contributed by atoms with Gasteiger partial charge in [0.1, 0.15) is 0 Å². The van der Waals surface area contributed by atoms with E-state index in [1.165, 1.54) is 0 Å². The average molecular weight is 197 g/mol. The molecule has 1 rings (SSSR count). The largest absolute Gasteiger partial charge is 0.370 e. The van der Waals surface area contributed by atoms with Gasteiger partial charge in [-0.2, -0.15) is 11.3 Å². The van der Waals surface area contributed by atoms with Crippen molar-refractivity contribution in [3.8, 4) is 0 Å². The highest BCUT2D eigenvalue weighted by Crippen LogP contribution is 2.10. The summed E-state index contributed by atoms with van der Waals surface area (Å²) >= 11 is 1.58. The lowest BCUT2D eigenvalue weighted by molar-refractivity contribution is 1.21. The second-order valence-corrected chi connectivity index (χ2v) is 3.03. The summed E-state index contributed by atoms with van der Waals surface area (Å²) in [7, 11) is 1.62. The van der Waals surface area contributed by atoms with Crippen molar-refractivity contribution >= 4 is 28.9 Å². The molecule has 5 N–H and O–H groups in total. The van der Waals surface area contributed by atoms with Crippen LogP contribution in [0.15, 0.2) is 21.8 Å². The highest BCUT2D eigenvalue weighted by atomic mass is 32.1. The third-order valence-corrected chi connectivity index (χ3v) is 1.94. The number of rotatable bonds is 1. The van der Waals surface area contributed by atoms with Crippen molar-refractivity contribution < 1.29 is 0 Å². The van der Waals surface area contributed by atoms with Gasteiger partial charge in [-0.05, 0) is 11.4 Å². The highest BCUT2D eigenvalue weighted by Gasteiger charge is 1.98. The molecule has 1 aromatic rings. The summed E-state index contributed by atoms with van der Waals surface area (Å²) in [4.78, 5) is 3.88. The molecule has 6 heteroatoms. The van der Waals surface area contributed by atoms with Crippen molar-refractivity contribution in [1.82, 2.24) is 5.32 Å². The Morgan fingerprint density at radius 3 is 2.92 bits per heavy atom. The van der Waals surface area contributed by atoms with Crippen LogP contribution in [0.25, 0.3) is 0 Å². The maximum Gasteiger partial charge on any atom is 0.202 e. The van der Waals surface area contributed by atoms with Crippen LogP contribution in [0.4, 0.5) is 5.69 Å². The minimum Gasteiger partial charge on any atom is -0.370 e. The summed E-state index contributed by atoms with van der Waals surface area (Å²) < 4.78 is 0. The van der Waals surface area contributed by atoms with E-state index in [9.17, 15) is 0 Å². The van der Waals surface area contributed by atoms with E-state index in [-0.39, 0.29) is 5.96 Å². The van der Waals surface area contributed by atoms with E-state index in [1.54, 1.807) is 18.4 Å². The molecular formula is C7H11N5S. The first kappa shape index (κ1) is 9.53. The Kier molecular flexibility index (Phi) is 3.27. The van der Waals surface area contributed by atoms with Crippen LogP contribution in [0.2, 0.25) is 0 Å². The van der Waals surface area contributed by atoms with E-state index < -0.39 is 0 Å². The molecule has 0 aliphatic carbocycles. The SMILES string of the molecule is C/N=C(/NC(=N)N)Nc1ccsc1. The maximum atomic E-state index is 7.01. The van der Waals surface area contributed by atoms with Crippen LogP contribution >= 0.6 is 11.3 Å². The number of nitrogens with one attached hydrogen (secondary N) is 3. The van der Waals surface area contributed by atoms with Gasteiger partial charge in [-0.1, -0.05) is 0 Å². The zero-order chi connectivity index (χ0) is 9.68.